The number of nitrogens with two attached hydrogens (primary N) is 1. The number of carbonyl (C=O) groups is 1. The normalized spacial score (nSPS) is 11.7. The van der Waals surface area contributed by atoms with Crippen molar-refractivity contribution in [3.63, 3.8) is 0 Å². The van der Waals surface area contributed by atoms with Gasteiger partial charge in [-0.3, -0.25) is 4.79 Å². The molecule has 36 heavy (non-hydrogen) atoms. The molecule has 0 spiro atoms. The molecule has 0 saturated heterocycles. The highest BCUT2D eigenvalue weighted by Gasteiger charge is 2.32. The highest BCUT2D eigenvalue weighted by molar-refractivity contribution is 6.18. The third-order valence-corrected chi connectivity index (χ3v) is 6.11. The number of hydrogen-bond donors (Lipinski definition) is 1. The molecule has 0 aliphatic heterocycles. The van der Waals surface area contributed by atoms with Crippen molar-refractivity contribution in [3.05, 3.63) is 96.1 Å². The Bertz CT molecular complexity index is 1590. The number of benzene rings is 4. The lowest BCUT2D eigenvalue weighted by Crippen LogP contribution is -2.18. The van der Waals surface area contributed by atoms with Crippen LogP contribution in [0.2, 0.25) is 0 Å². The second kappa shape index (κ2) is 8.96. The summed E-state index contributed by atoms with van der Waals surface area (Å²) in [5, 5.41) is 1.42. The first-order valence-electron chi connectivity index (χ1n) is 11.1. The average Bonchev–Trinajstić information content (AvgIpc) is 3.17. The van der Waals surface area contributed by atoms with Gasteiger partial charge in [0.05, 0.1) is 24.7 Å². The van der Waals surface area contributed by atoms with Crippen LogP contribution in [0.15, 0.2) is 84.9 Å². The van der Waals surface area contributed by atoms with Crippen LogP contribution in [-0.2, 0) is 6.54 Å². The Labute approximate surface area is 204 Å². The number of nitrogens with zero attached hydrogens (tertiary/aromatic N) is 1. The standard InChI is InChI=1S/C28H21F3N2O3/c1-35-20-12-9-17(10-13-20)18-11-14-21-24(15-18)33(23-7-4-6-22(26(21)23)27(32)34)16-19-5-2-3-8-25(19)36-28(29,30)31/h2-15H,16H2,1H3,(H2,32,34). The fraction of sp³-hybridized carbons (Fsp3) is 0.107. The first-order valence-corrected chi connectivity index (χ1v) is 11.1. The molecule has 1 amide bonds. The van der Waals surface area contributed by atoms with Crippen LogP contribution >= 0.6 is 0 Å². The van der Waals surface area contributed by atoms with Crippen molar-refractivity contribution < 1.29 is 27.4 Å². The number of ether oxygens (including phenoxy) is 2. The minimum absolute atomic E-state index is 0.0839. The molecule has 1 aromatic heterocycles. The first-order chi connectivity index (χ1) is 17.2. The maximum absolute atomic E-state index is 13.1. The van der Waals surface area contributed by atoms with Crippen LogP contribution < -0.4 is 15.2 Å². The van der Waals surface area contributed by atoms with Gasteiger partial charge in [0.1, 0.15) is 11.5 Å². The number of alkyl halides is 3. The summed E-state index contributed by atoms with van der Waals surface area (Å²) < 4.78 is 50.6. The summed E-state index contributed by atoms with van der Waals surface area (Å²) in [6.45, 7) is 0.0839. The third kappa shape index (κ3) is 4.33. The molecule has 0 aliphatic rings. The molecule has 1 heterocycles. The average molecular weight is 490 g/mol. The molecule has 5 rings (SSSR count). The Balaban J connectivity index is 1.73. The zero-order chi connectivity index (χ0) is 25.4. The second-order valence-corrected chi connectivity index (χ2v) is 8.27. The molecule has 0 saturated carbocycles. The third-order valence-electron chi connectivity index (χ3n) is 6.11. The summed E-state index contributed by atoms with van der Waals surface area (Å²) in [6.07, 6.45) is -4.82. The topological polar surface area (TPSA) is 66.5 Å². The van der Waals surface area contributed by atoms with E-state index in [2.05, 4.69) is 4.74 Å². The van der Waals surface area contributed by atoms with Crippen molar-refractivity contribution in [1.29, 1.82) is 0 Å². The fourth-order valence-electron chi connectivity index (χ4n) is 4.51. The summed E-state index contributed by atoms with van der Waals surface area (Å²) in [6, 6.07) is 24.5. The molecular weight excluding hydrogens is 469 g/mol. The fourth-order valence-corrected chi connectivity index (χ4v) is 4.51. The van der Waals surface area contributed by atoms with E-state index in [9.17, 15) is 18.0 Å². The summed E-state index contributed by atoms with van der Waals surface area (Å²) in [4.78, 5) is 12.2. The van der Waals surface area contributed by atoms with E-state index < -0.39 is 12.3 Å². The van der Waals surface area contributed by atoms with E-state index in [0.29, 0.717) is 22.0 Å². The number of halogens is 3. The Morgan fingerprint density at radius 3 is 2.31 bits per heavy atom. The molecule has 182 valence electrons. The van der Waals surface area contributed by atoms with E-state index in [4.69, 9.17) is 10.5 Å². The van der Waals surface area contributed by atoms with Gasteiger partial charge >= 0.3 is 6.36 Å². The van der Waals surface area contributed by atoms with E-state index in [1.807, 2.05) is 53.1 Å². The maximum atomic E-state index is 13.1. The summed E-state index contributed by atoms with van der Waals surface area (Å²) in [5.74, 6) is -0.140. The van der Waals surface area contributed by atoms with E-state index in [1.165, 1.54) is 12.1 Å². The highest BCUT2D eigenvalue weighted by atomic mass is 19.4. The molecule has 5 aromatic rings. The van der Waals surface area contributed by atoms with Gasteiger partial charge in [-0.2, -0.15) is 0 Å². The van der Waals surface area contributed by atoms with Crippen molar-refractivity contribution in [1.82, 2.24) is 4.57 Å². The van der Waals surface area contributed by atoms with Crippen LogP contribution in [0.5, 0.6) is 11.5 Å². The SMILES string of the molecule is COc1ccc(-c2ccc3c4c(C(N)=O)cccc4n(Cc4ccccc4OC(F)(F)F)c3c2)cc1. The number of methoxy groups -OCH3 is 1. The van der Waals surface area contributed by atoms with Gasteiger partial charge in [0.15, 0.2) is 0 Å². The number of hydrogen-bond acceptors (Lipinski definition) is 3. The maximum Gasteiger partial charge on any atom is 0.573 e. The largest absolute Gasteiger partial charge is 0.573 e. The van der Waals surface area contributed by atoms with E-state index in [-0.39, 0.29) is 12.3 Å². The number of para-hydroxylation sites is 1. The zero-order valence-corrected chi connectivity index (χ0v) is 19.2. The first kappa shape index (κ1) is 23.3. The zero-order valence-electron chi connectivity index (χ0n) is 19.2. The molecule has 8 heteroatoms. The van der Waals surface area contributed by atoms with Gasteiger partial charge in [-0.15, -0.1) is 13.2 Å². The summed E-state index contributed by atoms with van der Waals surface area (Å²) in [5.41, 5.74) is 9.60. The Morgan fingerprint density at radius 1 is 0.889 bits per heavy atom. The van der Waals surface area contributed by atoms with Crippen molar-refractivity contribution in [3.8, 4) is 22.6 Å². The minimum atomic E-state index is -4.82. The summed E-state index contributed by atoms with van der Waals surface area (Å²) >= 11 is 0. The monoisotopic (exact) mass is 490 g/mol. The molecular formula is C28H21F3N2O3. The second-order valence-electron chi connectivity index (χ2n) is 8.27. The molecule has 4 aromatic carbocycles. The molecule has 0 bridgehead atoms. The van der Waals surface area contributed by atoms with E-state index in [1.54, 1.807) is 31.4 Å². The van der Waals surface area contributed by atoms with Crippen LogP contribution in [0, 0.1) is 0 Å². The molecule has 0 fully saturated rings. The molecule has 0 radical (unpaired) electrons. The van der Waals surface area contributed by atoms with E-state index >= 15 is 0 Å². The van der Waals surface area contributed by atoms with Gasteiger partial charge in [0.2, 0.25) is 5.91 Å². The molecule has 5 nitrogen and oxygen atoms in total. The van der Waals surface area contributed by atoms with Crippen molar-refractivity contribution in [2.45, 2.75) is 12.9 Å². The predicted octanol–water partition coefficient (Wildman–Crippen LogP) is 6.52. The van der Waals surface area contributed by atoms with Crippen molar-refractivity contribution in [2.24, 2.45) is 5.73 Å². The van der Waals surface area contributed by atoms with Gasteiger partial charge in [-0.1, -0.05) is 48.5 Å². The number of carbonyl (C=O) groups excluding carboxylic acids is 1. The number of fused-ring (bicyclic) bond motifs is 3. The lowest BCUT2D eigenvalue weighted by molar-refractivity contribution is -0.274. The van der Waals surface area contributed by atoms with Gasteiger partial charge in [0, 0.05) is 21.9 Å². The Hall–Kier alpha value is -4.46. The number of amides is 1. The van der Waals surface area contributed by atoms with Crippen molar-refractivity contribution >= 4 is 27.7 Å². The molecule has 2 N–H and O–H groups in total. The highest BCUT2D eigenvalue weighted by Crippen LogP contribution is 2.36. The van der Waals surface area contributed by atoms with Crippen LogP contribution in [0.3, 0.4) is 0 Å². The summed E-state index contributed by atoms with van der Waals surface area (Å²) in [7, 11) is 1.59. The predicted molar refractivity (Wildman–Crippen MR) is 132 cm³/mol. The van der Waals surface area contributed by atoms with Crippen molar-refractivity contribution in [2.75, 3.05) is 7.11 Å². The Kier molecular flexibility index (Phi) is 5.80. The molecule has 0 aliphatic carbocycles. The van der Waals surface area contributed by atoms with Crippen LogP contribution in [-0.4, -0.2) is 23.9 Å². The van der Waals surface area contributed by atoms with Crippen LogP contribution in [0.4, 0.5) is 13.2 Å². The van der Waals surface area contributed by atoms with Crippen LogP contribution in [0.25, 0.3) is 32.9 Å². The Morgan fingerprint density at radius 2 is 1.61 bits per heavy atom. The molecule has 0 unspecified atom stereocenters. The lowest BCUT2D eigenvalue weighted by atomic mass is 10.0. The minimum Gasteiger partial charge on any atom is -0.497 e. The van der Waals surface area contributed by atoms with Crippen LogP contribution in [0.1, 0.15) is 15.9 Å². The quantitative estimate of drug-likeness (QED) is 0.295. The smallest absolute Gasteiger partial charge is 0.497 e. The van der Waals surface area contributed by atoms with Gasteiger partial charge in [-0.05, 0) is 47.5 Å². The van der Waals surface area contributed by atoms with Gasteiger partial charge in [0.25, 0.3) is 0 Å². The molecule has 0 atom stereocenters. The lowest BCUT2D eigenvalue weighted by Gasteiger charge is -2.15. The number of rotatable bonds is 6. The van der Waals surface area contributed by atoms with Gasteiger partial charge in [-0.25, -0.2) is 0 Å². The number of aromatic nitrogens is 1. The van der Waals surface area contributed by atoms with E-state index in [0.717, 1.165) is 27.8 Å². The van der Waals surface area contributed by atoms with Gasteiger partial charge < -0.3 is 19.8 Å². The number of primary amides is 1.